The third-order valence-corrected chi connectivity index (χ3v) is 3.52. The first-order valence-electron chi connectivity index (χ1n) is 5.89. The molecule has 0 aromatic heterocycles. The molecule has 16 heavy (non-hydrogen) atoms. The summed E-state index contributed by atoms with van der Waals surface area (Å²) >= 11 is 0. The van der Waals surface area contributed by atoms with Crippen molar-refractivity contribution in [2.75, 3.05) is 5.32 Å². The molecule has 2 N–H and O–H groups in total. The molecule has 1 heterocycles. The van der Waals surface area contributed by atoms with E-state index in [1.165, 1.54) is 5.56 Å². The second kappa shape index (κ2) is 3.51. The van der Waals surface area contributed by atoms with Crippen LogP contribution in [0.15, 0.2) is 24.3 Å². The number of fused-ring (bicyclic) bond motifs is 1. The first-order valence-corrected chi connectivity index (χ1v) is 5.89. The number of amides is 1. The van der Waals surface area contributed by atoms with E-state index in [9.17, 15) is 4.79 Å². The van der Waals surface area contributed by atoms with Gasteiger partial charge in [-0.1, -0.05) is 25.1 Å². The third kappa shape index (κ3) is 1.66. The Morgan fingerprint density at radius 1 is 1.44 bits per heavy atom. The van der Waals surface area contributed by atoms with Gasteiger partial charge in [-0.15, -0.1) is 0 Å². The van der Waals surface area contributed by atoms with Gasteiger partial charge in [0, 0.05) is 18.2 Å². The van der Waals surface area contributed by atoms with Gasteiger partial charge in [-0.05, 0) is 24.0 Å². The van der Waals surface area contributed by atoms with E-state index in [2.05, 4.69) is 23.6 Å². The summed E-state index contributed by atoms with van der Waals surface area (Å²) in [6.45, 7) is 2.17. The Kier molecular flexibility index (Phi) is 2.13. The van der Waals surface area contributed by atoms with Gasteiger partial charge in [0.25, 0.3) is 0 Å². The van der Waals surface area contributed by atoms with Crippen molar-refractivity contribution in [3.63, 3.8) is 0 Å². The fraction of sp³-hybridized carbons (Fsp3) is 0.462. The molecule has 3 nitrogen and oxygen atoms in total. The van der Waals surface area contributed by atoms with Crippen molar-refractivity contribution in [3.8, 4) is 0 Å². The number of carbonyl (C=O) groups is 1. The summed E-state index contributed by atoms with van der Waals surface area (Å²) in [6, 6.07) is 8.46. The fourth-order valence-electron chi connectivity index (χ4n) is 2.26. The molecule has 1 aromatic rings. The number of para-hydroxylation sites is 1. The van der Waals surface area contributed by atoms with E-state index in [0.717, 1.165) is 18.5 Å². The number of hydrogen-bond acceptors (Lipinski definition) is 2. The topological polar surface area (TPSA) is 41.1 Å². The Morgan fingerprint density at radius 3 is 2.88 bits per heavy atom. The van der Waals surface area contributed by atoms with Gasteiger partial charge in [-0.25, -0.2) is 0 Å². The van der Waals surface area contributed by atoms with Gasteiger partial charge < -0.3 is 10.6 Å². The molecular weight excluding hydrogens is 200 g/mol. The number of benzene rings is 1. The largest absolute Gasteiger partial charge is 0.373 e. The van der Waals surface area contributed by atoms with Crippen molar-refractivity contribution in [1.82, 2.24) is 5.32 Å². The van der Waals surface area contributed by atoms with Crippen LogP contribution < -0.4 is 10.6 Å². The van der Waals surface area contributed by atoms with Crippen LogP contribution in [0.3, 0.4) is 0 Å². The standard InChI is InChI=1S/C13H16N2O/c1-8-6-11(8)15-13(16)12-7-9-4-2-3-5-10(9)14-12/h2-5,8,11-12,14H,6-7H2,1H3,(H,15,16). The maximum Gasteiger partial charge on any atom is 0.243 e. The van der Waals surface area contributed by atoms with Gasteiger partial charge in [0.05, 0.1) is 0 Å². The zero-order valence-corrected chi connectivity index (χ0v) is 9.36. The lowest BCUT2D eigenvalue weighted by Gasteiger charge is -2.11. The molecule has 1 aliphatic heterocycles. The summed E-state index contributed by atoms with van der Waals surface area (Å²) in [5, 5.41) is 6.35. The SMILES string of the molecule is CC1CC1NC(=O)C1Cc2ccccc2N1. The minimum absolute atomic E-state index is 0.0785. The van der Waals surface area contributed by atoms with E-state index in [4.69, 9.17) is 0 Å². The van der Waals surface area contributed by atoms with Gasteiger partial charge in [-0.3, -0.25) is 4.79 Å². The van der Waals surface area contributed by atoms with Crippen LogP contribution in [0.1, 0.15) is 18.9 Å². The van der Waals surface area contributed by atoms with Crippen molar-refractivity contribution in [2.24, 2.45) is 5.92 Å². The van der Waals surface area contributed by atoms with Crippen LogP contribution in [0.5, 0.6) is 0 Å². The van der Waals surface area contributed by atoms with Crippen LogP contribution in [0.2, 0.25) is 0 Å². The zero-order valence-electron chi connectivity index (χ0n) is 9.36. The summed E-state index contributed by atoms with van der Waals surface area (Å²) in [7, 11) is 0. The monoisotopic (exact) mass is 216 g/mol. The van der Waals surface area contributed by atoms with E-state index < -0.39 is 0 Å². The van der Waals surface area contributed by atoms with E-state index in [0.29, 0.717) is 12.0 Å². The van der Waals surface area contributed by atoms with Crippen LogP contribution in [-0.2, 0) is 11.2 Å². The number of carbonyl (C=O) groups excluding carboxylic acids is 1. The fourth-order valence-corrected chi connectivity index (χ4v) is 2.26. The van der Waals surface area contributed by atoms with E-state index in [1.807, 2.05) is 18.2 Å². The molecule has 1 amide bonds. The molecule has 0 saturated heterocycles. The Balaban J connectivity index is 1.64. The molecule has 84 valence electrons. The van der Waals surface area contributed by atoms with E-state index in [-0.39, 0.29) is 11.9 Å². The minimum Gasteiger partial charge on any atom is -0.373 e. The second-order valence-electron chi connectivity index (χ2n) is 4.89. The van der Waals surface area contributed by atoms with Crippen molar-refractivity contribution < 1.29 is 4.79 Å². The molecule has 3 heteroatoms. The first-order chi connectivity index (χ1) is 7.74. The summed E-state index contributed by atoms with van der Waals surface area (Å²) in [5.41, 5.74) is 2.35. The van der Waals surface area contributed by atoms with Crippen LogP contribution in [0.25, 0.3) is 0 Å². The molecule has 3 unspecified atom stereocenters. The molecule has 0 bridgehead atoms. The lowest BCUT2D eigenvalue weighted by atomic mass is 10.1. The average Bonchev–Trinajstić information content (AvgIpc) is 2.82. The number of hydrogen-bond donors (Lipinski definition) is 2. The van der Waals surface area contributed by atoms with Crippen LogP contribution in [0, 0.1) is 5.92 Å². The predicted molar refractivity (Wildman–Crippen MR) is 63.3 cm³/mol. The van der Waals surface area contributed by atoms with Gasteiger partial charge in [0.15, 0.2) is 0 Å². The van der Waals surface area contributed by atoms with Gasteiger partial charge >= 0.3 is 0 Å². The molecule has 1 fully saturated rings. The molecular formula is C13H16N2O. The quantitative estimate of drug-likeness (QED) is 0.787. The van der Waals surface area contributed by atoms with Crippen LogP contribution >= 0.6 is 0 Å². The smallest absolute Gasteiger partial charge is 0.243 e. The molecule has 3 rings (SSSR count). The maximum absolute atomic E-state index is 11.9. The summed E-state index contributed by atoms with van der Waals surface area (Å²) < 4.78 is 0. The molecule has 1 aliphatic carbocycles. The third-order valence-electron chi connectivity index (χ3n) is 3.52. The van der Waals surface area contributed by atoms with Crippen molar-refractivity contribution in [1.29, 1.82) is 0 Å². The number of anilines is 1. The lowest BCUT2D eigenvalue weighted by Crippen LogP contribution is -2.39. The van der Waals surface area contributed by atoms with E-state index in [1.54, 1.807) is 0 Å². The number of rotatable bonds is 2. The van der Waals surface area contributed by atoms with Crippen molar-refractivity contribution in [3.05, 3.63) is 29.8 Å². The molecule has 1 aromatic carbocycles. The second-order valence-corrected chi connectivity index (χ2v) is 4.89. The maximum atomic E-state index is 11.9. The van der Waals surface area contributed by atoms with Gasteiger partial charge in [-0.2, -0.15) is 0 Å². The lowest BCUT2D eigenvalue weighted by molar-refractivity contribution is -0.121. The molecule has 2 aliphatic rings. The summed E-state index contributed by atoms with van der Waals surface area (Å²) in [5.74, 6) is 0.804. The average molecular weight is 216 g/mol. The van der Waals surface area contributed by atoms with Crippen LogP contribution in [-0.4, -0.2) is 18.0 Å². The van der Waals surface area contributed by atoms with Crippen LogP contribution in [0.4, 0.5) is 5.69 Å². The zero-order chi connectivity index (χ0) is 11.1. The van der Waals surface area contributed by atoms with E-state index >= 15 is 0 Å². The van der Waals surface area contributed by atoms with Crippen molar-refractivity contribution in [2.45, 2.75) is 31.8 Å². The molecule has 0 radical (unpaired) electrons. The highest BCUT2D eigenvalue weighted by atomic mass is 16.2. The molecule has 1 saturated carbocycles. The predicted octanol–water partition coefficient (Wildman–Crippen LogP) is 1.55. The molecule has 0 spiro atoms. The Bertz CT molecular complexity index is 405. The normalized spacial score (nSPS) is 30.4. The molecule has 3 atom stereocenters. The Labute approximate surface area is 95.2 Å². The minimum atomic E-state index is -0.0785. The van der Waals surface area contributed by atoms with Gasteiger partial charge in [0.1, 0.15) is 6.04 Å². The highest BCUT2D eigenvalue weighted by molar-refractivity contribution is 5.87. The van der Waals surface area contributed by atoms with Crippen molar-refractivity contribution >= 4 is 11.6 Å². The Hall–Kier alpha value is -1.51. The highest BCUT2D eigenvalue weighted by Gasteiger charge is 2.36. The highest BCUT2D eigenvalue weighted by Crippen LogP contribution is 2.30. The first kappa shape index (κ1) is 9.70. The number of nitrogens with one attached hydrogen (secondary N) is 2. The summed E-state index contributed by atoms with van der Waals surface area (Å²) in [6.07, 6.45) is 1.94. The Morgan fingerprint density at radius 2 is 2.19 bits per heavy atom. The van der Waals surface area contributed by atoms with Gasteiger partial charge in [0.2, 0.25) is 5.91 Å². The summed E-state index contributed by atoms with van der Waals surface area (Å²) in [4.78, 5) is 11.9.